The number of carbonyl (C=O) groups excluding carboxylic acids is 3. The summed E-state index contributed by atoms with van der Waals surface area (Å²) in [5, 5.41) is 16.6. The summed E-state index contributed by atoms with van der Waals surface area (Å²) in [5.41, 5.74) is 1.69. The van der Waals surface area contributed by atoms with Gasteiger partial charge in [0, 0.05) is 17.5 Å². The zero-order valence-electron chi connectivity index (χ0n) is 21.8. The largest absolute Gasteiger partial charge is 0.394 e. The van der Waals surface area contributed by atoms with Crippen LogP contribution in [-0.4, -0.2) is 63.0 Å². The van der Waals surface area contributed by atoms with Crippen molar-refractivity contribution in [3.63, 3.8) is 0 Å². The number of nitrogens with zero attached hydrogens (tertiary/aromatic N) is 1. The summed E-state index contributed by atoms with van der Waals surface area (Å²) >= 11 is 1.65. The van der Waals surface area contributed by atoms with Crippen LogP contribution in [0.25, 0.3) is 0 Å². The minimum absolute atomic E-state index is 0.00750. The minimum Gasteiger partial charge on any atom is -0.394 e. The highest BCUT2D eigenvalue weighted by Gasteiger charge is 2.74. The van der Waals surface area contributed by atoms with Gasteiger partial charge in [-0.25, -0.2) is 0 Å². The smallest absolute Gasteiger partial charge is 0.244 e. The molecule has 0 aliphatic carbocycles. The number of aliphatic hydroxyl groups excluding tert-OH is 1. The minimum atomic E-state index is -0.716. The van der Waals surface area contributed by atoms with Crippen molar-refractivity contribution < 1.29 is 19.5 Å². The van der Waals surface area contributed by atoms with Gasteiger partial charge in [0.1, 0.15) is 6.04 Å². The summed E-state index contributed by atoms with van der Waals surface area (Å²) in [7, 11) is 0. The standard InChI is InChI=1S/C30H37N3O4S/c1-2-3-10-17-31-28(36)26-30-16-15-23(38-30)24(27(35)32-21-13-8-5-9-14-21)25(30)29(37)33(26)22(19-34)18-20-11-6-4-7-12-20/h4-9,11-14,22-26,34H,2-3,10,15-19H2,1H3,(H,31,36)(H,32,35)/t22-,23+,24-,25+,26?,30?/m1/s1. The molecule has 0 aromatic heterocycles. The first-order chi connectivity index (χ1) is 18.5. The van der Waals surface area contributed by atoms with Gasteiger partial charge in [-0.1, -0.05) is 68.3 Å². The van der Waals surface area contributed by atoms with Crippen molar-refractivity contribution in [2.24, 2.45) is 11.8 Å². The maximum absolute atomic E-state index is 14.3. The van der Waals surface area contributed by atoms with Crippen LogP contribution < -0.4 is 10.6 Å². The Bertz CT molecular complexity index is 1150. The molecule has 38 heavy (non-hydrogen) atoms. The summed E-state index contributed by atoms with van der Waals surface area (Å²) in [6.07, 6.45) is 4.89. The fourth-order valence-corrected chi connectivity index (χ4v) is 8.86. The molecule has 3 aliphatic rings. The van der Waals surface area contributed by atoms with Crippen LogP contribution in [0.1, 0.15) is 44.6 Å². The van der Waals surface area contributed by atoms with E-state index in [1.807, 2.05) is 60.7 Å². The number of nitrogens with one attached hydrogen (secondary N) is 2. The SMILES string of the molecule is CCCCCNC(=O)C1N([C@@H](CO)Cc2ccccc2)C(=O)[C@@H]2[C@H](C(=O)Nc3ccccc3)[C@@H]3CCC12S3. The molecule has 2 aromatic rings. The summed E-state index contributed by atoms with van der Waals surface area (Å²) in [5.74, 6) is -1.62. The van der Waals surface area contributed by atoms with E-state index in [-0.39, 0.29) is 29.6 Å². The van der Waals surface area contributed by atoms with Gasteiger partial charge in [-0.05, 0) is 43.4 Å². The van der Waals surface area contributed by atoms with Crippen LogP contribution in [0.2, 0.25) is 0 Å². The van der Waals surface area contributed by atoms with Crippen LogP contribution in [0.4, 0.5) is 5.69 Å². The second kappa shape index (κ2) is 11.5. The number of unbranched alkanes of at least 4 members (excludes halogenated alkanes) is 2. The topological polar surface area (TPSA) is 98.7 Å². The second-order valence-corrected chi connectivity index (χ2v) is 12.3. The van der Waals surface area contributed by atoms with Gasteiger partial charge in [-0.2, -0.15) is 0 Å². The highest BCUT2D eigenvalue weighted by Crippen LogP contribution is 2.66. The van der Waals surface area contributed by atoms with Crippen LogP contribution in [-0.2, 0) is 20.8 Å². The molecule has 3 aliphatic heterocycles. The van der Waals surface area contributed by atoms with E-state index >= 15 is 0 Å². The molecule has 5 rings (SSSR count). The van der Waals surface area contributed by atoms with Crippen molar-refractivity contribution in [3.05, 3.63) is 66.2 Å². The van der Waals surface area contributed by atoms with Gasteiger partial charge in [-0.3, -0.25) is 14.4 Å². The van der Waals surface area contributed by atoms with Gasteiger partial charge < -0.3 is 20.6 Å². The third-order valence-corrected chi connectivity index (χ3v) is 10.3. The Kier molecular flexibility index (Phi) is 8.09. The predicted molar refractivity (Wildman–Crippen MR) is 150 cm³/mol. The number of thioether (sulfide) groups is 1. The first-order valence-electron chi connectivity index (χ1n) is 13.8. The normalized spacial score (nSPS) is 28.3. The van der Waals surface area contributed by atoms with Gasteiger partial charge in [0.05, 0.1) is 29.2 Å². The molecule has 0 radical (unpaired) electrons. The molecular weight excluding hydrogens is 498 g/mol. The summed E-state index contributed by atoms with van der Waals surface area (Å²) in [6, 6.07) is 17.8. The third-order valence-electron chi connectivity index (χ3n) is 8.33. The zero-order valence-corrected chi connectivity index (χ0v) is 22.7. The number of carbonyl (C=O) groups is 3. The molecule has 3 heterocycles. The molecule has 1 spiro atoms. The maximum Gasteiger partial charge on any atom is 0.244 e. The molecule has 2 unspecified atom stereocenters. The molecule has 2 bridgehead atoms. The highest BCUT2D eigenvalue weighted by atomic mass is 32.2. The van der Waals surface area contributed by atoms with Crippen molar-refractivity contribution in [3.8, 4) is 0 Å². The Morgan fingerprint density at radius 2 is 1.79 bits per heavy atom. The van der Waals surface area contributed by atoms with Crippen molar-refractivity contribution in [2.75, 3.05) is 18.5 Å². The van der Waals surface area contributed by atoms with E-state index < -0.39 is 28.7 Å². The molecule has 6 atom stereocenters. The first-order valence-corrected chi connectivity index (χ1v) is 14.7. The van der Waals surface area contributed by atoms with E-state index in [2.05, 4.69) is 17.6 Å². The van der Waals surface area contributed by atoms with Crippen LogP contribution in [0.5, 0.6) is 0 Å². The van der Waals surface area contributed by atoms with Gasteiger partial charge in [0.25, 0.3) is 0 Å². The van der Waals surface area contributed by atoms with Crippen molar-refractivity contribution in [1.82, 2.24) is 10.2 Å². The molecule has 3 N–H and O–H groups in total. The van der Waals surface area contributed by atoms with Gasteiger partial charge in [0.2, 0.25) is 17.7 Å². The van der Waals surface area contributed by atoms with Crippen LogP contribution in [0, 0.1) is 11.8 Å². The number of amides is 3. The molecule has 202 valence electrons. The van der Waals surface area contributed by atoms with Crippen LogP contribution in [0.3, 0.4) is 0 Å². The van der Waals surface area contributed by atoms with Crippen molar-refractivity contribution in [1.29, 1.82) is 0 Å². The Hall–Kier alpha value is -2.84. The molecule has 8 heteroatoms. The predicted octanol–water partition coefficient (Wildman–Crippen LogP) is 3.63. The molecule has 7 nitrogen and oxygen atoms in total. The zero-order chi connectivity index (χ0) is 26.7. The highest BCUT2D eigenvalue weighted by molar-refractivity contribution is 8.02. The Morgan fingerprint density at radius 1 is 1.08 bits per heavy atom. The van der Waals surface area contributed by atoms with Crippen LogP contribution in [0.15, 0.2) is 60.7 Å². The fraction of sp³-hybridized carbons (Fsp3) is 0.500. The van der Waals surface area contributed by atoms with Crippen molar-refractivity contribution in [2.45, 2.75) is 67.5 Å². The number of hydrogen-bond acceptors (Lipinski definition) is 5. The Morgan fingerprint density at radius 3 is 2.47 bits per heavy atom. The van der Waals surface area contributed by atoms with Crippen molar-refractivity contribution >= 4 is 35.2 Å². The van der Waals surface area contributed by atoms with Gasteiger partial charge >= 0.3 is 0 Å². The quantitative estimate of drug-likeness (QED) is 0.382. The molecule has 0 saturated carbocycles. The fourth-order valence-electron chi connectivity index (χ4n) is 6.65. The number of para-hydroxylation sites is 1. The van der Waals surface area contributed by atoms with Gasteiger partial charge in [-0.15, -0.1) is 11.8 Å². The molecule has 3 saturated heterocycles. The molecule has 2 aromatic carbocycles. The van der Waals surface area contributed by atoms with E-state index in [0.29, 0.717) is 25.1 Å². The average Bonchev–Trinajstić information content (AvgIpc) is 3.58. The average molecular weight is 536 g/mol. The lowest BCUT2D eigenvalue weighted by atomic mass is 9.70. The number of anilines is 1. The van der Waals surface area contributed by atoms with E-state index in [9.17, 15) is 19.5 Å². The number of hydrogen-bond donors (Lipinski definition) is 3. The summed E-state index contributed by atoms with van der Waals surface area (Å²) < 4.78 is -0.667. The van der Waals surface area contributed by atoms with E-state index in [1.165, 1.54) is 0 Å². The summed E-state index contributed by atoms with van der Waals surface area (Å²) in [6.45, 7) is 2.42. The van der Waals surface area contributed by atoms with E-state index in [0.717, 1.165) is 31.2 Å². The number of fused-ring (bicyclic) bond motifs is 1. The molecular formula is C30H37N3O4S. The second-order valence-electron chi connectivity index (χ2n) is 10.7. The number of likely N-dealkylation sites (tertiary alicyclic amines) is 1. The maximum atomic E-state index is 14.3. The Labute approximate surface area is 228 Å². The van der Waals surface area contributed by atoms with Crippen LogP contribution >= 0.6 is 11.8 Å². The lowest BCUT2D eigenvalue weighted by molar-refractivity contribution is -0.142. The molecule has 3 amide bonds. The Balaban J connectivity index is 1.47. The molecule has 3 fully saturated rings. The van der Waals surface area contributed by atoms with E-state index in [1.54, 1.807) is 16.7 Å². The van der Waals surface area contributed by atoms with E-state index in [4.69, 9.17) is 0 Å². The lowest BCUT2D eigenvalue weighted by Crippen LogP contribution is -2.57. The first kappa shape index (κ1) is 26.8. The number of rotatable bonds is 11. The monoisotopic (exact) mass is 535 g/mol. The van der Waals surface area contributed by atoms with Gasteiger partial charge in [0.15, 0.2) is 0 Å². The lowest BCUT2D eigenvalue weighted by Gasteiger charge is -2.37. The number of benzene rings is 2. The summed E-state index contributed by atoms with van der Waals surface area (Å²) in [4.78, 5) is 43.3. The third kappa shape index (κ3) is 4.84. The number of aliphatic hydroxyl groups is 1.